The fourth-order valence-electron chi connectivity index (χ4n) is 2.85. The first-order valence-corrected chi connectivity index (χ1v) is 9.27. The molecule has 0 fully saturated rings. The summed E-state index contributed by atoms with van der Waals surface area (Å²) in [4.78, 5) is 28.4. The number of aromatic nitrogens is 2. The van der Waals surface area contributed by atoms with Gasteiger partial charge in [-0.2, -0.15) is 0 Å². The zero-order valence-electron chi connectivity index (χ0n) is 15.1. The molecule has 26 heavy (non-hydrogen) atoms. The van der Waals surface area contributed by atoms with Gasteiger partial charge in [0.25, 0.3) is 0 Å². The molecule has 0 aliphatic heterocycles. The van der Waals surface area contributed by atoms with Crippen LogP contribution in [0.15, 0.2) is 46.6 Å². The predicted octanol–water partition coefficient (Wildman–Crippen LogP) is 3.21. The molecule has 1 aromatic carbocycles. The Morgan fingerprint density at radius 2 is 1.85 bits per heavy atom. The van der Waals surface area contributed by atoms with Crippen molar-refractivity contribution in [3.8, 4) is 10.6 Å². The summed E-state index contributed by atoms with van der Waals surface area (Å²) in [5, 5.41) is 5.83. The standard InChI is InChI=1S/C20H21N3O2S/c1-13-6-4-5-7-18(13)20-22-16(12-26-20)10-21-19(25)11-23-14(2)8-17(24)9-15(23)3/h4-9,12H,10-11H2,1-3H3,(H,21,25). The highest BCUT2D eigenvalue weighted by Gasteiger charge is 2.10. The summed E-state index contributed by atoms with van der Waals surface area (Å²) in [6.07, 6.45) is 0. The maximum Gasteiger partial charge on any atom is 0.240 e. The van der Waals surface area contributed by atoms with E-state index in [1.807, 2.05) is 35.9 Å². The lowest BCUT2D eigenvalue weighted by Gasteiger charge is -2.13. The molecule has 0 unspecified atom stereocenters. The Morgan fingerprint density at radius 1 is 1.15 bits per heavy atom. The molecule has 0 saturated heterocycles. The number of hydrogen-bond donors (Lipinski definition) is 1. The van der Waals surface area contributed by atoms with Crippen molar-refractivity contribution in [3.63, 3.8) is 0 Å². The van der Waals surface area contributed by atoms with Gasteiger partial charge in [0.05, 0.1) is 12.2 Å². The van der Waals surface area contributed by atoms with Gasteiger partial charge in [0.2, 0.25) is 5.91 Å². The molecule has 134 valence electrons. The van der Waals surface area contributed by atoms with Crippen LogP contribution in [-0.4, -0.2) is 15.5 Å². The number of nitrogens with zero attached hydrogens (tertiary/aromatic N) is 2. The monoisotopic (exact) mass is 367 g/mol. The smallest absolute Gasteiger partial charge is 0.240 e. The molecule has 2 heterocycles. The summed E-state index contributed by atoms with van der Waals surface area (Å²) in [6.45, 7) is 6.30. The Bertz CT molecular complexity index is 978. The molecule has 1 N–H and O–H groups in total. The molecule has 0 aliphatic carbocycles. The van der Waals surface area contributed by atoms with Crippen molar-refractivity contribution in [1.82, 2.24) is 14.9 Å². The molecule has 0 spiro atoms. The fourth-order valence-corrected chi connectivity index (χ4v) is 3.76. The third-order valence-corrected chi connectivity index (χ3v) is 5.17. The van der Waals surface area contributed by atoms with E-state index in [0.717, 1.165) is 27.7 Å². The predicted molar refractivity (Wildman–Crippen MR) is 104 cm³/mol. The first-order chi connectivity index (χ1) is 12.4. The lowest BCUT2D eigenvalue weighted by molar-refractivity contribution is -0.121. The van der Waals surface area contributed by atoms with Crippen LogP contribution in [0, 0.1) is 20.8 Å². The van der Waals surface area contributed by atoms with Crippen LogP contribution >= 0.6 is 11.3 Å². The van der Waals surface area contributed by atoms with Crippen molar-refractivity contribution >= 4 is 17.2 Å². The number of hydrogen-bond acceptors (Lipinski definition) is 4. The quantitative estimate of drug-likeness (QED) is 0.753. The topological polar surface area (TPSA) is 64.0 Å². The molecule has 6 heteroatoms. The van der Waals surface area contributed by atoms with Crippen molar-refractivity contribution < 1.29 is 4.79 Å². The number of pyridine rings is 1. The number of carbonyl (C=O) groups is 1. The molecule has 5 nitrogen and oxygen atoms in total. The number of rotatable bonds is 5. The molecule has 0 radical (unpaired) electrons. The third kappa shape index (κ3) is 4.08. The number of amides is 1. The molecule has 0 saturated carbocycles. The highest BCUT2D eigenvalue weighted by Crippen LogP contribution is 2.26. The largest absolute Gasteiger partial charge is 0.349 e. The second-order valence-corrected chi connectivity index (χ2v) is 7.15. The van der Waals surface area contributed by atoms with E-state index in [2.05, 4.69) is 29.4 Å². The minimum atomic E-state index is -0.106. The third-order valence-electron chi connectivity index (χ3n) is 4.25. The molecule has 0 bridgehead atoms. The van der Waals surface area contributed by atoms with E-state index in [1.54, 1.807) is 11.3 Å². The van der Waals surface area contributed by atoms with Crippen molar-refractivity contribution in [2.75, 3.05) is 0 Å². The van der Waals surface area contributed by atoms with Gasteiger partial charge in [-0.05, 0) is 26.3 Å². The van der Waals surface area contributed by atoms with Gasteiger partial charge in [0.1, 0.15) is 11.6 Å². The maximum absolute atomic E-state index is 12.3. The van der Waals surface area contributed by atoms with E-state index in [0.29, 0.717) is 6.54 Å². The zero-order valence-corrected chi connectivity index (χ0v) is 15.9. The lowest BCUT2D eigenvalue weighted by atomic mass is 10.1. The Kier molecular flexibility index (Phi) is 5.32. The first kappa shape index (κ1) is 18.1. The van der Waals surface area contributed by atoms with Gasteiger partial charge in [-0.1, -0.05) is 24.3 Å². The van der Waals surface area contributed by atoms with Crippen LogP contribution in [0.5, 0.6) is 0 Å². The van der Waals surface area contributed by atoms with E-state index >= 15 is 0 Å². The molecule has 2 aromatic heterocycles. The molecule has 0 aliphatic rings. The van der Waals surface area contributed by atoms with Gasteiger partial charge in [-0.25, -0.2) is 4.98 Å². The van der Waals surface area contributed by atoms with E-state index in [4.69, 9.17) is 0 Å². The van der Waals surface area contributed by atoms with Gasteiger partial charge in [0.15, 0.2) is 5.43 Å². The van der Waals surface area contributed by atoms with E-state index in [1.165, 1.54) is 17.7 Å². The van der Waals surface area contributed by atoms with Gasteiger partial charge >= 0.3 is 0 Å². The van der Waals surface area contributed by atoms with Crippen LogP contribution in [0.4, 0.5) is 0 Å². The Morgan fingerprint density at radius 3 is 2.54 bits per heavy atom. The van der Waals surface area contributed by atoms with E-state index < -0.39 is 0 Å². The summed E-state index contributed by atoms with van der Waals surface area (Å²) < 4.78 is 1.83. The lowest BCUT2D eigenvalue weighted by Crippen LogP contribution is -2.29. The first-order valence-electron chi connectivity index (χ1n) is 8.39. The maximum atomic E-state index is 12.3. The van der Waals surface area contributed by atoms with Crippen molar-refractivity contribution in [2.45, 2.75) is 33.9 Å². The average Bonchev–Trinajstić information content (AvgIpc) is 3.05. The SMILES string of the molecule is Cc1ccccc1-c1nc(CNC(=O)Cn2c(C)cc(=O)cc2C)cs1. The van der Waals surface area contributed by atoms with Crippen molar-refractivity contribution in [2.24, 2.45) is 0 Å². The summed E-state index contributed by atoms with van der Waals surface area (Å²) in [5.74, 6) is -0.106. The highest BCUT2D eigenvalue weighted by molar-refractivity contribution is 7.13. The molecule has 3 aromatic rings. The van der Waals surface area contributed by atoms with Crippen molar-refractivity contribution in [3.05, 3.63) is 74.6 Å². The molecule has 1 amide bonds. The number of benzene rings is 1. The van der Waals surface area contributed by atoms with Crippen LogP contribution in [0.3, 0.4) is 0 Å². The van der Waals surface area contributed by atoms with Gasteiger partial charge in [-0.15, -0.1) is 11.3 Å². The van der Waals surface area contributed by atoms with Gasteiger partial charge < -0.3 is 9.88 Å². The Labute approximate surface area is 156 Å². The number of thiazole rings is 1. The van der Waals surface area contributed by atoms with Crippen LogP contribution < -0.4 is 10.7 Å². The van der Waals surface area contributed by atoms with Crippen LogP contribution in [0.1, 0.15) is 22.6 Å². The van der Waals surface area contributed by atoms with Crippen LogP contribution in [0.25, 0.3) is 10.6 Å². The summed E-state index contributed by atoms with van der Waals surface area (Å²) in [6, 6.07) is 11.2. The van der Waals surface area contributed by atoms with Gasteiger partial charge in [-0.3, -0.25) is 9.59 Å². The fraction of sp³-hybridized carbons (Fsp3) is 0.250. The second-order valence-electron chi connectivity index (χ2n) is 6.30. The van der Waals surface area contributed by atoms with Crippen LogP contribution in [-0.2, 0) is 17.9 Å². The molecule has 0 atom stereocenters. The Balaban J connectivity index is 1.64. The summed E-state index contributed by atoms with van der Waals surface area (Å²) >= 11 is 1.58. The van der Waals surface area contributed by atoms with E-state index in [-0.39, 0.29) is 17.9 Å². The second kappa shape index (κ2) is 7.66. The number of aryl methyl sites for hydroxylation is 3. The van der Waals surface area contributed by atoms with Gasteiger partial charge in [0, 0.05) is 34.5 Å². The normalized spacial score (nSPS) is 10.7. The minimum Gasteiger partial charge on any atom is -0.349 e. The molecular weight excluding hydrogens is 346 g/mol. The minimum absolute atomic E-state index is 0.0390. The van der Waals surface area contributed by atoms with E-state index in [9.17, 15) is 9.59 Å². The summed E-state index contributed by atoms with van der Waals surface area (Å²) in [5.41, 5.74) is 4.66. The Hall–Kier alpha value is -2.73. The zero-order chi connectivity index (χ0) is 18.7. The highest BCUT2D eigenvalue weighted by atomic mass is 32.1. The van der Waals surface area contributed by atoms with Crippen LogP contribution in [0.2, 0.25) is 0 Å². The summed E-state index contributed by atoms with van der Waals surface area (Å²) in [7, 11) is 0. The molecule has 3 rings (SSSR count). The molecular formula is C20H21N3O2S. The average molecular weight is 367 g/mol. The van der Waals surface area contributed by atoms with Crippen molar-refractivity contribution in [1.29, 1.82) is 0 Å². The number of nitrogens with one attached hydrogen (secondary N) is 1. The number of carbonyl (C=O) groups excluding carboxylic acids is 1.